The van der Waals surface area contributed by atoms with Gasteiger partial charge in [-0.15, -0.1) is 0 Å². The van der Waals surface area contributed by atoms with Crippen LogP contribution in [-0.4, -0.2) is 31.1 Å². The molecule has 0 fully saturated rings. The van der Waals surface area contributed by atoms with Gasteiger partial charge < -0.3 is 14.8 Å². The van der Waals surface area contributed by atoms with Crippen LogP contribution in [0, 0.1) is 5.92 Å². The lowest BCUT2D eigenvalue weighted by molar-refractivity contribution is -0.123. The Bertz CT molecular complexity index is 790. The Morgan fingerprint density at radius 1 is 0.963 bits per heavy atom. The van der Waals surface area contributed by atoms with Crippen LogP contribution in [0.3, 0.4) is 0 Å². The molecule has 2 N–H and O–H groups in total. The fourth-order valence-electron chi connectivity index (χ4n) is 2.05. The first-order chi connectivity index (χ1) is 13.0. The number of urea groups is 1. The van der Waals surface area contributed by atoms with Crippen molar-refractivity contribution >= 4 is 17.9 Å². The fraction of sp³-hybridized carbons (Fsp3) is 0.250. The summed E-state index contributed by atoms with van der Waals surface area (Å²) in [6.07, 6.45) is 0. The molecule has 7 nitrogen and oxygen atoms in total. The van der Waals surface area contributed by atoms with E-state index in [2.05, 4.69) is 10.6 Å². The zero-order valence-electron chi connectivity index (χ0n) is 15.2. The monoisotopic (exact) mass is 370 g/mol. The zero-order chi connectivity index (χ0) is 19.6. The molecule has 0 radical (unpaired) electrons. The number of hydrogen-bond donors (Lipinski definition) is 2. The molecule has 2 rings (SSSR count). The predicted molar refractivity (Wildman–Crippen MR) is 99.6 cm³/mol. The SMILES string of the molecule is CC(C)CNC(=O)NC(=O)COC(=O)c1ccccc1Oc1ccccc1. The van der Waals surface area contributed by atoms with Crippen LogP contribution in [0.5, 0.6) is 11.5 Å². The molecule has 3 amide bonds. The molecule has 0 unspecified atom stereocenters. The highest BCUT2D eigenvalue weighted by molar-refractivity contribution is 5.97. The standard InChI is InChI=1S/C20H22N2O5/c1-14(2)12-21-20(25)22-18(23)13-26-19(24)16-10-6-7-11-17(16)27-15-8-4-3-5-9-15/h3-11,14H,12-13H2,1-2H3,(H2,21,22,23,25). The van der Waals surface area contributed by atoms with E-state index in [1.807, 2.05) is 32.0 Å². The van der Waals surface area contributed by atoms with Crippen LogP contribution in [0.15, 0.2) is 54.6 Å². The van der Waals surface area contributed by atoms with Crippen LogP contribution < -0.4 is 15.4 Å². The highest BCUT2D eigenvalue weighted by Crippen LogP contribution is 2.25. The van der Waals surface area contributed by atoms with Crippen LogP contribution in [0.4, 0.5) is 4.79 Å². The number of esters is 1. The van der Waals surface area contributed by atoms with Crippen LogP contribution in [-0.2, 0) is 9.53 Å². The van der Waals surface area contributed by atoms with Crippen LogP contribution >= 0.6 is 0 Å². The summed E-state index contributed by atoms with van der Waals surface area (Å²) in [5, 5.41) is 4.64. The van der Waals surface area contributed by atoms with Gasteiger partial charge in [-0.2, -0.15) is 0 Å². The summed E-state index contributed by atoms with van der Waals surface area (Å²) in [6, 6.07) is 14.9. The molecule has 0 heterocycles. The zero-order valence-corrected chi connectivity index (χ0v) is 15.2. The topological polar surface area (TPSA) is 93.7 Å². The Kier molecular flexibility index (Phi) is 7.37. The third kappa shape index (κ3) is 6.81. The molecule has 0 aliphatic heterocycles. The first kappa shape index (κ1) is 20.0. The minimum absolute atomic E-state index is 0.179. The van der Waals surface area contributed by atoms with E-state index in [0.717, 1.165) is 0 Å². The third-order valence-corrected chi connectivity index (χ3v) is 3.34. The van der Waals surface area contributed by atoms with E-state index >= 15 is 0 Å². The van der Waals surface area contributed by atoms with Crippen molar-refractivity contribution in [3.05, 3.63) is 60.2 Å². The molecule has 142 valence electrons. The second kappa shape index (κ2) is 9.96. The minimum Gasteiger partial charge on any atom is -0.456 e. The molecule has 0 saturated carbocycles. The Morgan fingerprint density at radius 3 is 2.33 bits per heavy atom. The predicted octanol–water partition coefficient (Wildman–Crippen LogP) is 3.12. The maximum absolute atomic E-state index is 12.3. The van der Waals surface area contributed by atoms with Crippen molar-refractivity contribution in [1.82, 2.24) is 10.6 Å². The molecule has 7 heteroatoms. The van der Waals surface area contributed by atoms with Crippen molar-refractivity contribution in [1.29, 1.82) is 0 Å². The van der Waals surface area contributed by atoms with Gasteiger partial charge in [-0.3, -0.25) is 10.1 Å². The van der Waals surface area contributed by atoms with Gasteiger partial charge in [0.1, 0.15) is 17.1 Å². The van der Waals surface area contributed by atoms with Gasteiger partial charge in [0, 0.05) is 6.54 Å². The summed E-state index contributed by atoms with van der Waals surface area (Å²) in [7, 11) is 0. The van der Waals surface area contributed by atoms with Crippen LogP contribution in [0.25, 0.3) is 0 Å². The first-order valence-corrected chi connectivity index (χ1v) is 8.52. The first-order valence-electron chi connectivity index (χ1n) is 8.52. The van der Waals surface area contributed by atoms with Crippen molar-refractivity contribution in [2.45, 2.75) is 13.8 Å². The van der Waals surface area contributed by atoms with Crippen molar-refractivity contribution in [2.75, 3.05) is 13.2 Å². The lowest BCUT2D eigenvalue weighted by Gasteiger charge is -2.11. The number of amides is 3. The van der Waals surface area contributed by atoms with Gasteiger partial charge in [-0.25, -0.2) is 9.59 Å². The van der Waals surface area contributed by atoms with E-state index in [0.29, 0.717) is 18.0 Å². The Labute approximate surface area is 157 Å². The van der Waals surface area contributed by atoms with Gasteiger partial charge in [0.25, 0.3) is 5.91 Å². The normalized spacial score (nSPS) is 10.2. The summed E-state index contributed by atoms with van der Waals surface area (Å²) in [5.41, 5.74) is 0.179. The van der Waals surface area contributed by atoms with Gasteiger partial charge in [0.15, 0.2) is 6.61 Å². The number of para-hydroxylation sites is 2. The molecule has 0 saturated heterocycles. The van der Waals surface area contributed by atoms with E-state index in [1.165, 1.54) is 6.07 Å². The summed E-state index contributed by atoms with van der Waals surface area (Å²) in [5.74, 6) is -0.309. The van der Waals surface area contributed by atoms with E-state index < -0.39 is 24.5 Å². The molecular formula is C20H22N2O5. The quantitative estimate of drug-likeness (QED) is 0.731. The summed E-state index contributed by atoms with van der Waals surface area (Å²) < 4.78 is 10.7. The van der Waals surface area contributed by atoms with E-state index in [-0.39, 0.29) is 11.5 Å². The highest BCUT2D eigenvalue weighted by Gasteiger charge is 2.16. The third-order valence-electron chi connectivity index (χ3n) is 3.34. The molecule has 0 aliphatic rings. The fourth-order valence-corrected chi connectivity index (χ4v) is 2.05. The maximum atomic E-state index is 12.3. The summed E-state index contributed by atoms with van der Waals surface area (Å²) >= 11 is 0. The van der Waals surface area contributed by atoms with Gasteiger partial charge in [0.05, 0.1) is 0 Å². The van der Waals surface area contributed by atoms with Crippen molar-refractivity contribution in [3.8, 4) is 11.5 Å². The minimum atomic E-state index is -0.723. The number of ether oxygens (including phenoxy) is 2. The molecule has 0 spiro atoms. The number of rotatable bonds is 7. The van der Waals surface area contributed by atoms with E-state index in [4.69, 9.17) is 9.47 Å². The lowest BCUT2D eigenvalue weighted by Crippen LogP contribution is -2.42. The number of nitrogens with one attached hydrogen (secondary N) is 2. The van der Waals surface area contributed by atoms with Crippen LogP contribution in [0.2, 0.25) is 0 Å². The number of imide groups is 1. The number of benzene rings is 2. The van der Waals surface area contributed by atoms with Gasteiger partial charge in [-0.1, -0.05) is 44.2 Å². The smallest absolute Gasteiger partial charge is 0.342 e. The number of carbonyl (C=O) groups is 3. The van der Waals surface area contributed by atoms with Gasteiger partial charge in [0.2, 0.25) is 0 Å². The van der Waals surface area contributed by atoms with E-state index in [9.17, 15) is 14.4 Å². The van der Waals surface area contributed by atoms with Crippen molar-refractivity contribution in [2.24, 2.45) is 5.92 Å². The average molecular weight is 370 g/mol. The molecule has 0 atom stereocenters. The molecule has 0 aromatic heterocycles. The molecule has 27 heavy (non-hydrogen) atoms. The summed E-state index contributed by atoms with van der Waals surface area (Å²) in [4.78, 5) is 35.5. The Hall–Kier alpha value is -3.35. The maximum Gasteiger partial charge on any atom is 0.342 e. The summed E-state index contributed by atoms with van der Waals surface area (Å²) in [6.45, 7) is 3.72. The van der Waals surface area contributed by atoms with E-state index in [1.54, 1.807) is 30.3 Å². The molecule has 0 aliphatic carbocycles. The molecule has 2 aromatic rings. The Balaban J connectivity index is 1.90. The molecule has 2 aromatic carbocycles. The average Bonchev–Trinajstić information content (AvgIpc) is 2.66. The van der Waals surface area contributed by atoms with Crippen molar-refractivity contribution in [3.63, 3.8) is 0 Å². The number of carbonyl (C=O) groups excluding carboxylic acids is 3. The van der Waals surface area contributed by atoms with Crippen LogP contribution in [0.1, 0.15) is 24.2 Å². The molecular weight excluding hydrogens is 348 g/mol. The second-order valence-electron chi connectivity index (χ2n) is 6.14. The molecule has 0 bridgehead atoms. The highest BCUT2D eigenvalue weighted by atomic mass is 16.5. The van der Waals surface area contributed by atoms with Gasteiger partial charge >= 0.3 is 12.0 Å². The van der Waals surface area contributed by atoms with Gasteiger partial charge in [-0.05, 0) is 30.2 Å². The second-order valence-corrected chi connectivity index (χ2v) is 6.14. The Morgan fingerprint density at radius 2 is 1.63 bits per heavy atom. The number of hydrogen-bond acceptors (Lipinski definition) is 5. The van der Waals surface area contributed by atoms with Crippen molar-refractivity contribution < 1.29 is 23.9 Å². The largest absolute Gasteiger partial charge is 0.456 e. The lowest BCUT2D eigenvalue weighted by atomic mass is 10.2.